The van der Waals surface area contributed by atoms with E-state index in [1.165, 1.54) is 36.5 Å². The summed E-state index contributed by atoms with van der Waals surface area (Å²) in [4.78, 5) is 2.61. The molecule has 1 saturated carbocycles. The van der Waals surface area contributed by atoms with Crippen molar-refractivity contribution in [1.82, 2.24) is 4.90 Å². The Morgan fingerprint density at radius 3 is 2.76 bits per heavy atom. The third kappa shape index (κ3) is 3.83. The number of piperidine rings is 1. The van der Waals surface area contributed by atoms with Gasteiger partial charge in [-0.2, -0.15) is 0 Å². The van der Waals surface area contributed by atoms with E-state index in [2.05, 4.69) is 47.4 Å². The number of hydrogen-bond donors (Lipinski definition) is 1. The van der Waals surface area contributed by atoms with Crippen molar-refractivity contribution in [2.24, 2.45) is 5.92 Å². The minimum Gasteiger partial charge on any atom is -0.494 e. The van der Waals surface area contributed by atoms with Crippen molar-refractivity contribution in [3.63, 3.8) is 0 Å². The third-order valence-electron chi connectivity index (χ3n) is 6.04. The van der Waals surface area contributed by atoms with E-state index in [1.54, 1.807) is 0 Å². The molecule has 0 radical (unpaired) electrons. The van der Waals surface area contributed by atoms with Gasteiger partial charge in [-0.1, -0.05) is 43.2 Å². The van der Waals surface area contributed by atoms with E-state index in [-0.39, 0.29) is 6.10 Å². The molecule has 0 amide bonds. The highest BCUT2D eigenvalue weighted by molar-refractivity contribution is 5.83. The van der Waals surface area contributed by atoms with Crippen molar-refractivity contribution >= 4 is 10.8 Å². The first-order valence-corrected chi connectivity index (χ1v) is 9.85. The van der Waals surface area contributed by atoms with Gasteiger partial charge in [0.1, 0.15) is 5.75 Å². The van der Waals surface area contributed by atoms with Gasteiger partial charge in [-0.05, 0) is 48.6 Å². The van der Waals surface area contributed by atoms with E-state index in [0.717, 1.165) is 38.3 Å². The number of aliphatic hydroxyl groups excluding tert-OH is 1. The summed E-state index contributed by atoms with van der Waals surface area (Å²) in [6.07, 6.45) is 6.98. The molecule has 0 bridgehead atoms. The Hall–Kier alpha value is -1.58. The van der Waals surface area contributed by atoms with Crippen LogP contribution in [0.3, 0.4) is 0 Å². The van der Waals surface area contributed by atoms with Crippen LogP contribution in [0.15, 0.2) is 42.5 Å². The first-order chi connectivity index (χ1) is 12.3. The summed E-state index contributed by atoms with van der Waals surface area (Å²) in [5.41, 5.74) is 0. The molecule has 3 heteroatoms. The molecule has 0 spiro atoms. The predicted octanol–water partition coefficient (Wildman–Crippen LogP) is 4.23. The normalized spacial score (nSPS) is 27.2. The monoisotopic (exact) mass is 339 g/mol. The number of nitrogens with zero attached hydrogens (tertiary/aromatic N) is 1. The van der Waals surface area contributed by atoms with Crippen LogP contribution in [0.1, 0.15) is 38.5 Å². The molecule has 4 rings (SSSR count). The maximum Gasteiger partial charge on any atom is 0.119 e. The molecule has 2 aliphatic rings. The molecule has 1 N–H and O–H groups in total. The van der Waals surface area contributed by atoms with Crippen molar-refractivity contribution in [2.75, 3.05) is 19.7 Å². The second-order valence-corrected chi connectivity index (χ2v) is 7.62. The Labute approximate surface area is 150 Å². The van der Waals surface area contributed by atoms with Crippen LogP contribution in [-0.4, -0.2) is 41.8 Å². The highest BCUT2D eigenvalue weighted by atomic mass is 16.5. The molecule has 1 saturated heterocycles. The van der Waals surface area contributed by atoms with Gasteiger partial charge in [0, 0.05) is 25.0 Å². The summed E-state index contributed by atoms with van der Waals surface area (Å²) in [6.45, 7) is 2.88. The molecule has 3 atom stereocenters. The maximum atomic E-state index is 10.3. The molecule has 2 aromatic rings. The zero-order chi connectivity index (χ0) is 17.1. The van der Waals surface area contributed by atoms with Gasteiger partial charge in [-0.25, -0.2) is 0 Å². The van der Waals surface area contributed by atoms with E-state index in [4.69, 9.17) is 4.74 Å². The molecule has 3 nitrogen and oxygen atoms in total. The zero-order valence-corrected chi connectivity index (χ0v) is 14.9. The van der Waals surface area contributed by atoms with Crippen molar-refractivity contribution in [2.45, 2.75) is 50.7 Å². The summed E-state index contributed by atoms with van der Waals surface area (Å²) in [6, 6.07) is 15.3. The summed E-state index contributed by atoms with van der Waals surface area (Å²) in [7, 11) is 0. The van der Waals surface area contributed by atoms with Crippen molar-refractivity contribution < 1.29 is 9.84 Å². The average Bonchev–Trinajstić information content (AvgIpc) is 2.67. The second kappa shape index (κ2) is 7.76. The largest absolute Gasteiger partial charge is 0.494 e. The highest BCUT2D eigenvalue weighted by Crippen LogP contribution is 2.35. The molecule has 3 unspecified atom stereocenters. The van der Waals surface area contributed by atoms with Crippen molar-refractivity contribution in [1.29, 1.82) is 0 Å². The second-order valence-electron chi connectivity index (χ2n) is 7.62. The maximum absolute atomic E-state index is 10.3. The van der Waals surface area contributed by atoms with Crippen LogP contribution in [0.4, 0.5) is 0 Å². The third-order valence-corrected chi connectivity index (χ3v) is 6.04. The lowest BCUT2D eigenvalue weighted by molar-refractivity contribution is -0.0369. The van der Waals surface area contributed by atoms with Gasteiger partial charge < -0.3 is 9.84 Å². The molecule has 1 aliphatic heterocycles. The Morgan fingerprint density at radius 1 is 1.00 bits per heavy atom. The van der Waals surface area contributed by atoms with Crippen LogP contribution in [0.25, 0.3) is 10.8 Å². The van der Waals surface area contributed by atoms with Gasteiger partial charge in [0.25, 0.3) is 0 Å². The molecule has 0 aromatic heterocycles. The van der Waals surface area contributed by atoms with E-state index < -0.39 is 0 Å². The minimum absolute atomic E-state index is 0.0737. The van der Waals surface area contributed by atoms with Crippen LogP contribution < -0.4 is 4.74 Å². The number of ether oxygens (including phenoxy) is 1. The number of fused-ring (bicyclic) bond motifs is 2. The number of rotatable bonds is 5. The van der Waals surface area contributed by atoms with E-state index in [1.807, 2.05) is 0 Å². The van der Waals surface area contributed by atoms with Gasteiger partial charge in [0.15, 0.2) is 0 Å². The summed E-state index contributed by atoms with van der Waals surface area (Å²) in [5.74, 6) is 1.47. The number of benzene rings is 2. The quantitative estimate of drug-likeness (QED) is 0.827. The van der Waals surface area contributed by atoms with Gasteiger partial charge in [-0.15, -0.1) is 0 Å². The lowest BCUT2D eigenvalue weighted by Gasteiger charge is -2.46. The minimum atomic E-state index is -0.0737. The molecule has 1 aliphatic carbocycles. The molecule has 1 heterocycles. The molecule has 2 fully saturated rings. The standard InChI is InChI=1S/C22H29NO2/c24-22-12-14-23(21-9-4-3-8-20(21)22)13-5-15-25-19-11-10-17-6-1-2-7-18(17)16-19/h1-2,6-7,10-11,16,20-22,24H,3-5,8-9,12-15H2. The molecule has 25 heavy (non-hydrogen) atoms. The van der Waals surface area contributed by atoms with E-state index in [9.17, 15) is 5.11 Å². The fourth-order valence-electron chi connectivity index (χ4n) is 4.71. The fraction of sp³-hybridized carbons (Fsp3) is 0.545. The Morgan fingerprint density at radius 2 is 1.84 bits per heavy atom. The van der Waals surface area contributed by atoms with Crippen molar-refractivity contribution in [3.05, 3.63) is 42.5 Å². The van der Waals surface area contributed by atoms with Gasteiger partial charge in [0.2, 0.25) is 0 Å². The topological polar surface area (TPSA) is 32.7 Å². The van der Waals surface area contributed by atoms with Gasteiger partial charge in [-0.3, -0.25) is 4.90 Å². The molecular weight excluding hydrogens is 310 g/mol. The molecule has 134 valence electrons. The van der Waals surface area contributed by atoms with E-state index in [0.29, 0.717) is 12.0 Å². The Bertz CT molecular complexity index is 701. The average molecular weight is 339 g/mol. The Kier molecular flexibility index (Phi) is 5.23. The zero-order valence-electron chi connectivity index (χ0n) is 14.9. The summed E-state index contributed by atoms with van der Waals surface area (Å²) < 4.78 is 5.99. The first-order valence-electron chi connectivity index (χ1n) is 9.85. The SMILES string of the molecule is OC1CCN(CCCOc2ccc3ccccc3c2)C2CCCCC12. The summed E-state index contributed by atoms with van der Waals surface area (Å²) in [5, 5.41) is 12.8. The highest BCUT2D eigenvalue weighted by Gasteiger charge is 2.37. The fourth-order valence-corrected chi connectivity index (χ4v) is 4.71. The molecule has 2 aromatic carbocycles. The lowest BCUT2D eigenvalue weighted by Crippen LogP contribution is -2.52. The number of hydrogen-bond acceptors (Lipinski definition) is 3. The van der Waals surface area contributed by atoms with Crippen LogP contribution >= 0.6 is 0 Å². The van der Waals surface area contributed by atoms with Crippen LogP contribution in [0, 0.1) is 5.92 Å². The van der Waals surface area contributed by atoms with Crippen LogP contribution in [0.2, 0.25) is 0 Å². The Balaban J connectivity index is 1.28. The smallest absolute Gasteiger partial charge is 0.119 e. The van der Waals surface area contributed by atoms with Gasteiger partial charge in [0.05, 0.1) is 12.7 Å². The number of aliphatic hydroxyl groups is 1. The predicted molar refractivity (Wildman–Crippen MR) is 102 cm³/mol. The summed E-state index contributed by atoms with van der Waals surface area (Å²) >= 11 is 0. The van der Waals surface area contributed by atoms with Crippen LogP contribution in [0.5, 0.6) is 5.75 Å². The first kappa shape index (κ1) is 16.9. The van der Waals surface area contributed by atoms with E-state index >= 15 is 0 Å². The van der Waals surface area contributed by atoms with Crippen LogP contribution in [-0.2, 0) is 0 Å². The van der Waals surface area contributed by atoms with Crippen molar-refractivity contribution in [3.8, 4) is 5.75 Å². The molecular formula is C22H29NO2. The van der Waals surface area contributed by atoms with Gasteiger partial charge >= 0.3 is 0 Å². The lowest BCUT2D eigenvalue weighted by atomic mass is 9.76. The number of likely N-dealkylation sites (tertiary alicyclic amines) is 1.